The van der Waals surface area contributed by atoms with Gasteiger partial charge in [0.1, 0.15) is 0 Å². The Morgan fingerprint density at radius 3 is 2.47 bits per heavy atom. The molecular weight excluding hydrogens is 256 g/mol. The third-order valence-electron chi connectivity index (χ3n) is 2.90. The van der Waals surface area contributed by atoms with Crippen LogP contribution in [0, 0.1) is 5.92 Å². The number of carbonyl (C=O) groups is 1. The molecule has 0 aromatic rings. The number of carbonyl (C=O) groups excluding carboxylic acids is 1. The van der Waals surface area contributed by atoms with Crippen molar-refractivity contribution in [3.05, 3.63) is 0 Å². The second kappa shape index (κ2) is 6.48. The lowest BCUT2D eigenvalue weighted by molar-refractivity contribution is -0.132. The molecule has 3 nitrogen and oxygen atoms in total. The lowest BCUT2D eigenvalue weighted by Crippen LogP contribution is -2.40. The lowest BCUT2D eigenvalue weighted by atomic mass is 9.96. The maximum Gasteiger partial charge on any atom is 0.223 e. The third-order valence-corrected chi connectivity index (χ3v) is 3.30. The smallest absolute Gasteiger partial charge is 0.223 e. The van der Waals surface area contributed by atoms with Crippen LogP contribution < -0.4 is 0 Å². The number of piperidine rings is 1. The van der Waals surface area contributed by atoms with E-state index < -0.39 is 0 Å². The first-order valence-electron chi connectivity index (χ1n) is 5.62. The Balaban J connectivity index is 2.26. The van der Waals surface area contributed by atoms with Crippen LogP contribution in [0.3, 0.4) is 0 Å². The quantitative estimate of drug-likeness (QED) is 0.728. The molecule has 0 aromatic heterocycles. The summed E-state index contributed by atoms with van der Waals surface area (Å²) in [5.74, 6) is 1.07. The van der Waals surface area contributed by atoms with Crippen LogP contribution in [0.2, 0.25) is 0 Å². The summed E-state index contributed by atoms with van der Waals surface area (Å²) < 4.78 is 0. The molecule has 15 heavy (non-hydrogen) atoms. The van der Waals surface area contributed by atoms with Crippen LogP contribution in [-0.4, -0.2) is 54.8 Å². The highest BCUT2D eigenvalue weighted by Crippen LogP contribution is 2.18. The molecule has 0 unspecified atom stereocenters. The SMILES string of the molecule is CN(C)CC1CCN(C(=O)CCBr)CC1. The lowest BCUT2D eigenvalue weighted by Gasteiger charge is -2.33. The van der Waals surface area contributed by atoms with Gasteiger partial charge in [-0.1, -0.05) is 15.9 Å². The van der Waals surface area contributed by atoms with Crippen LogP contribution in [0.15, 0.2) is 0 Å². The van der Waals surface area contributed by atoms with Crippen molar-refractivity contribution < 1.29 is 4.79 Å². The van der Waals surface area contributed by atoms with Gasteiger partial charge >= 0.3 is 0 Å². The van der Waals surface area contributed by atoms with Crippen LogP contribution >= 0.6 is 15.9 Å². The molecule has 88 valence electrons. The van der Waals surface area contributed by atoms with Crippen molar-refractivity contribution in [1.82, 2.24) is 9.80 Å². The van der Waals surface area contributed by atoms with Crippen molar-refractivity contribution in [2.24, 2.45) is 5.92 Å². The van der Waals surface area contributed by atoms with E-state index in [1.165, 1.54) is 0 Å². The van der Waals surface area contributed by atoms with E-state index in [1.54, 1.807) is 0 Å². The summed E-state index contributed by atoms with van der Waals surface area (Å²) in [7, 11) is 4.23. The van der Waals surface area contributed by atoms with E-state index in [0.717, 1.165) is 43.7 Å². The Kier molecular flexibility index (Phi) is 5.61. The highest BCUT2D eigenvalue weighted by atomic mass is 79.9. The molecule has 1 fully saturated rings. The van der Waals surface area contributed by atoms with E-state index in [9.17, 15) is 4.79 Å². The highest BCUT2D eigenvalue weighted by molar-refractivity contribution is 9.09. The second-order valence-electron chi connectivity index (χ2n) is 4.53. The molecule has 1 aliphatic rings. The van der Waals surface area contributed by atoms with E-state index >= 15 is 0 Å². The van der Waals surface area contributed by atoms with Crippen molar-refractivity contribution in [3.63, 3.8) is 0 Å². The van der Waals surface area contributed by atoms with Crippen molar-refractivity contribution in [3.8, 4) is 0 Å². The van der Waals surface area contributed by atoms with E-state index in [1.807, 2.05) is 4.90 Å². The summed E-state index contributed by atoms with van der Waals surface area (Å²) in [6.07, 6.45) is 2.96. The number of alkyl halides is 1. The van der Waals surface area contributed by atoms with Gasteiger partial charge in [0, 0.05) is 31.4 Å². The molecule has 0 aliphatic carbocycles. The molecule has 1 rings (SSSR count). The molecule has 0 N–H and O–H groups in total. The number of halogens is 1. The average molecular weight is 277 g/mol. The Morgan fingerprint density at radius 1 is 1.40 bits per heavy atom. The fraction of sp³-hybridized carbons (Fsp3) is 0.909. The average Bonchev–Trinajstić information content (AvgIpc) is 2.18. The standard InChI is InChI=1S/C11H21BrN2O/c1-13(2)9-10-4-7-14(8-5-10)11(15)3-6-12/h10H,3-9H2,1-2H3. The van der Waals surface area contributed by atoms with Gasteiger partial charge in [-0.25, -0.2) is 0 Å². The van der Waals surface area contributed by atoms with Crippen molar-refractivity contribution >= 4 is 21.8 Å². The Labute approximate surface area is 101 Å². The molecule has 1 amide bonds. The summed E-state index contributed by atoms with van der Waals surface area (Å²) >= 11 is 3.31. The zero-order valence-corrected chi connectivity index (χ0v) is 11.3. The largest absolute Gasteiger partial charge is 0.343 e. The van der Waals surface area contributed by atoms with Gasteiger partial charge in [-0.15, -0.1) is 0 Å². The number of rotatable bonds is 4. The van der Waals surface area contributed by atoms with Crippen molar-refractivity contribution in [2.45, 2.75) is 19.3 Å². The van der Waals surface area contributed by atoms with Gasteiger partial charge in [0.25, 0.3) is 0 Å². The summed E-state index contributed by atoms with van der Waals surface area (Å²) in [4.78, 5) is 15.9. The topological polar surface area (TPSA) is 23.6 Å². The van der Waals surface area contributed by atoms with E-state index in [4.69, 9.17) is 0 Å². The number of amides is 1. The number of likely N-dealkylation sites (tertiary alicyclic amines) is 1. The summed E-state index contributed by atoms with van der Waals surface area (Å²) in [5, 5.41) is 0.781. The minimum atomic E-state index is 0.301. The van der Waals surface area contributed by atoms with E-state index in [2.05, 4.69) is 34.9 Å². The van der Waals surface area contributed by atoms with E-state index in [-0.39, 0.29) is 0 Å². The summed E-state index contributed by atoms with van der Waals surface area (Å²) in [6, 6.07) is 0. The fourth-order valence-corrected chi connectivity index (χ4v) is 2.46. The van der Waals surface area contributed by atoms with Gasteiger partial charge in [-0.3, -0.25) is 4.79 Å². The second-order valence-corrected chi connectivity index (χ2v) is 5.32. The van der Waals surface area contributed by atoms with Crippen LogP contribution in [0.4, 0.5) is 0 Å². The van der Waals surface area contributed by atoms with Gasteiger partial charge in [0.15, 0.2) is 0 Å². The van der Waals surface area contributed by atoms with Crippen LogP contribution in [0.25, 0.3) is 0 Å². The molecule has 0 spiro atoms. The number of hydrogen-bond acceptors (Lipinski definition) is 2. The van der Waals surface area contributed by atoms with Crippen molar-refractivity contribution in [2.75, 3.05) is 39.1 Å². The van der Waals surface area contributed by atoms with Crippen LogP contribution in [-0.2, 0) is 4.79 Å². The van der Waals surface area contributed by atoms with Gasteiger partial charge in [0.2, 0.25) is 5.91 Å². The molecule has 1 heterocycles. The predicted octanol–water partition coefficient (Wildman–Crippen LogP) is 1.57. The summed E-state index contributed by atoms with van der Waals surface area (Å²) in [6.45, 7) is 3.05. The fourth-order valence-electron chi connectivity index (χ4n) is 2.12. The molecule has 0 atom stereocenters. The molecule has 0 bridgehead atoms. The molecule has 1 saturated heterocycles. The molecule has 1 aliphatic heterocycles. The van der Waals surface area contributed by atoms with Gasteiger partial charge in [-0.2, -0.15) is 0 Å². The monoisotopic (exact) mass is 276 g/mol. The summed E-state index contributed by atoms with van der Waals surface area (Å²) in [5.41, 5.74) is 0. The van der Waals surface area contributed by atoms with E-state index in [0.29, 0.717) is 12.3 Å². The van der Waals surface area contributed by atoms with Crippen molar-refractivity contribution in [1.29, 1.82) is 0 Å². The molecule has 0 radical (unpaired) electrons. The minimum absolute atomic E-state index is 0.301. The number of nitrogens with zero attached hydrogens (tertiary/aromatic N) is 2. The Morgan fingerprint density at radius 2 is 2.00 bits per heavy atom. The first-order chi connectivity index (χ1) is 7.13. The Hall–Kier alpha value is -0.0900. The van der Waals surface area contributed by atoms with Gasteiger partial charge < -0.3 is 9.80 Å². The molecule has 4 heteroatoms. The highest BCUT2D eigenvalue weighted by Gasteiger charge is 2.22. The first kappa shape index (κ1) is 13.0. The van der Waals surface area contributed by atoms with Gasteiger partial charge in [-0.05, 0) is 32.9 Å². The van der Waals surface area contributed by atoms with Crippen LogP contribution in [0.1, 0.15) is 19.3 Å². The maximum atomic E-state index is 11.6. The van der Waals surface area contributed by atoms with Crippen LogP contribution in [0.5, 0.6) is 0 Å². The molecule has 0 aromatic carbocycles. The Bertz CT molecular complexity index is 201. The zero-order valence-electron chi connectivity index (χ0n) is 9.71. The molecular formula is C11H21BrN2O. The molecule has 0 saturated carbocycles. The van der Waals surface area contributed by atoms with Gasteiger partial charge in [0.05, 0.1) is 0 Å². The minimum Gasteiger partial charge on any atom is -0.343 e. The zero-order chi connectivity index (χ0) is 11.3. The normalized spacial score (nSPS) is 18.5. The third kappa shape index (κ3) is 4.51. The first-order valence-corrected chi connectivity index (χ1v) is 6.74. The predicted molar refractivity (Wildman–Crippen MR) is 66.3 cm³/mol. The number of hydrogen-bond donors (Lipinski definition) is 0. The maximum absolute atomic E-state index is 11.6.